The van der Waals surface area contributed by atoms with Crippen molar-refractivity contribution in [3.8, 4) is 16.9 Å². The number of hydrogen-bond acceptors (Lipinski definition) is 15. The molecule has 6 aromatic rings. The fourth-order valence-electron chi connectivity index (χ4n) is 10.8. The molecule has 532 valence electrons. The highest BCUT2D eigenvalue weighted by Gasteiger charge is 2.37. The van der Waals surface area contributed by atoms with Crippen molar-refractivity contribution < 1.29 is 77.6 Å². The number of carbonyl (C=O) groups excluding carboxylic acids is 9. The number of H-pyrrole nitrogens is 1. The van der Waals surface area contributed by atoms with Gasteiger partial charge in [0.1, 0.15) is 48.0 Å². The Morgan fingerprint density at radius 3 is 1.53 bits per heavy atom. The molecule has 0 radical (unpaired) electrons. The van der Waals surface area contributed by atoms with E-state index in [2.05, 4.69) is 52.8 Å². The van der Waals surface area contributed by atoms with Crippen LogP contribution < -0.4 is 64.1 Å². The molecule has 29 heteroatoms. The summed E-state index contributed by atoms with van der Waals surface area (Å²) >= 11 is 0. The number of nitrogens with one attached hydrogen (secondary N) is 11. The number of amides is 8. The highest BCUT2D eigenvalue weighted by Crippen LogP contribution is 2.23. The molecule has 1 aromatic heterocycles. The second-order valence-electron chi connectivity index (χ2n) is 24.3. The van der Waals surface area contributed by atoms with Gasteiger partial charge in [-0.1, -0.05) is 118 Å². The van der Waals surface area contributed by atoms with E-state index in [0.29, 0.717) is 39.6 Å². The Hall–Kier alpha value is -11.5. The number of ether oxygens (including phenoxy) is 1. The molecule has 5 aromatic carbocycles. The van der Waals surface area contributed by atoms with Gasteiger partial charge in [-0.2, -0.15) is 0 Å². The van der Waals surface area contributed by atoms with Gasteiger partial charge in [0.15, 0.2) is 18.3 Å². The third-order valence-electron chi connectivity index (χ3n) is 16.2. The Bertz CT molecular complexity index is 3850. The van der Waals surface area contributed by atoms with Crippen molar-refractivity contribution in [3.05, 3.63) is 161 Å². The molecule has 0 fully saturated rings. The number of aromatic carboxylic acids is 1. The van der Waals surface area contributed by atoms with E-state index in [-0.39, 0.29) is 87.5 Å². The van der Waals surface area contributed by atoms with Crippen LogP contribution in [0.3, 0.4) is 0 Å². The highest BCUT2D eigenvalue weighted by atomic mass is 16.5. The maximum Gasteiger partial charge on any atom is 0.341 e. The summed E-state index contributed by atoms with van der Waals surface area (Å²) in [6.45, 7) is 5.79. The van der Waals surface area contributed by atoms with E-state index >= 15 is 4.79 Å². The van der Waals surface area contributed by atoms with Crippen molar-refractivity contribution in [3.63, 3.8) is 0 Å². The summed E-state index contributed by atoms with van der Waals surface area (Å²) in [7, 11) is 0. The first-order valence-electron chi connectivity index (χ1n) is 32.6. The smallest absolute Gasteiger partial charge is 0.341 e. The number of aliphatic carboxylic acids is 2. The van der Waals surface area contributed by atoms with Crippen LogP contribution in [0.4, 0.5) is 0 Å². The van der Waals surface area contributed by atoms with Crippen molar-refractivity contribution in [2.24, 2.45) is 17.4 Å². The summed E-state index contributed by atoms with van der Waals surface area (Å²) in [5.41, 5.74) is 15.3. The summed E-state index contributed by atoms with van der Waals surface area (Å²) in [4.78, 5) is 167. The monoisotopic (exact) mass is 1380 g/mol. The fourth-order valence-corrected chi connectivity index (χ4v) is 10.8. The van der Waals surface area contributed by atoms with Gasteiger partial charge >= 0.3 is 17.9 Å². The topological polar surface area (TPSA) is 475 Å². The lowest BCUT2D eigenvalue weighted by Crippen LogP contribution is -2.61. The van der Waals surface area contributed by atoms with Crippen molar-refractivity contribution in [2.75, 3.05) is 19.7 Å². The van der Waals surface area contributed by atoms with E-state index in [1.54, 1.807) is 56.4 Å². The zero-order valence-corrected chi connectivity index (χ0v) is 55.9. The molecule has 0 bridgehead atoms. The van der Waals surface area contributed by atoms with E-state index in [0.717, 1.165) is 11.1 Å². The SMILES string of the molecule is CCC(=O)N[C@@H](Cc1ccc(OCC(=O)O)cc1)C(=O)N[C@@H](Cc1ccc(C(=O)O)cc1)C(=O)N[C@@H](CC(=O)O)C(=O)N[C@@H](Cc1c[nH]c2ccccc12)C(=O)N[C@H](C(=O)N[C@@H](Cc1ccc(-c2ccccc2)cc1)C(=O)N[C@@H](CCCNC(=N)N)C(=O)N[C@@H](CCCN)C(C)=O)C(C)C. The van der Waals surface area contributed by atoms with E-state index in [1.165, 1.54) is 62.4 Å². The molecular formula is C71H87N13O16. The second kappa shape index (κ2) is 38.5. The molecule has 100 heavy (non-hydrogen) atoms. The normalized spacial score (nSPS) is 13.4. The number of carbonyl (C=O) groups is 12. The number of carboxylic acids is 3. The minimum Gasteiger partial charge on any atom is -0.482 e. The van der Waals surface area contributed by atoms with E-state index < -0.39 is 132 Å². The molecule has 0 saturated carbocycles. The van der Waals surface area contributed by atoms with E-state index in [4.69, 9.17) is 26.7 Å². The molecule has 0 aliphatic carbocycles. The lowest BCUT2D eigenvalue weighted by molar-refractivity contribution is -0.141. The molecule has 8 amide bonds. The number of hydrogen-bond donors (Lipinski definition) is 16. The zero-order valence-electron chi connectivity index (χ0n) is 55.9. The highest BCUT2D eigenvalue weighted by molar-refractivity contribution is 6.00. The minimum absolute atomic E-state index is 0.0201. The average Bonchev–Trinajstić information content (AvgIpc) is 1.69. The van der Waals surface area contributed by atoms with Crippen molar-refractivity contribution in [2.45, 2.75) is 140 Å². The number of carboxylic acid groups (broad SMARTS) is 3. The van der Waals surface area contributed by atoms with Gasteiger partial charge in [-0.25, -0.2) is 9.59 Å². The molecule has 8 atom stereocenters. The van der Waals surface area contributed by atoms with Gasteiger partial charge in [-0.05, 0) is 109 Å². The molecule has 0 aliphatic heterocycles. The van der Waals surface area contributed by atoms with Crippen LogP contribution in [-0.2, 0) is 78.4 Å². The Balaban J connectivity index is 1.32. The van der Waals surface area contributed by atoms with Crippen LogP contribution in [0.15, 0.2) is 134 Å². The lowest BCUT2D eigenvalue weighted by Gasteiger charge is -2.29. The quantitative estimate of drug-likeness (QED) is 0.0149. The second-order valence-corrected chi connectivity index (χ2v) is 24.3. The maximum absolute atomic E-state index is 15.1. The third kappa shape index (κ3) is 24.6. The summed E-state index contributed by atoms with van der Waals surface area (Å²) in [5, 5.41) is 61.1. The lowest BCUT2D eigenvalue weighted by atomic mass is 9.98. The van der Waals surface area contributed by atoms with Crippen molar-refractivity contribution in [1.82, 2.24) is 52.8 Å². The number of aromatic amines is 1. The first kappa shape index (κ1) is 77.5. The number of rotatable bonds is 40. The zero-order chi connectivity index (χ0) is 73.0. The number of benzene rings is 5. The summed E-state index contributed by atoms with van der Waals surface area (Å²) < 4.78 is 5.22. The van der Waals surface area contributed by atoms with Crippen LogP contribution >= 0.6 is 0 Å². The summed E-state index contributed by atoms with van der Waals surface area (Å²) in [6, 6.07) is 23.0. The Labute approximate surface area is 577 Å². The predicted octanol–water partition coefficient (Wildman–Crippen LogP) is 2.28. The molecule has 0 spiro atoms. The summed E-state index contributed by atoms with van der Waals surface area (Å²) in [5.74, 6) is -12.5. The molecule has 29 nitrogen and oxygen atoms in total. The van der Waals surface area contributed by atoms with Gasteiger partial charge in [0, 0.05) is 55.7 Å². The largest absolute Gasteiger partial charge is 0.482 e. The minimum atomic E-state index is -1.99. The number of fused-ring (bicyclic) bond motifs is 1. The van der Waals surface area contributed by atoms with Crippen LogP contribution in [0.25, 0.3) is 22.0 Å². The van der Waals surface area contributed by atoms with Gasteiger partial charge in [-0.15, -0.1) is 0 Å². The molecule has 6 rings (SSSR count). The van der Waals surface area contributed by atoms with Crippen LogP contribution in [-0.4, -0.2) is 165 Å². The number of ketones is 1. The molecule has 0 unspecified atom stereocenters. The Morgan fingerprint density at radius 2 is 0.990 bits per heavy atom. The standard InChI is InChI=1S/C71H87N13O16/c1-5-59(86)77-54(33-44-23-29-49(30-24-44)100-39-61(89)90)64(92)80-55(34-43-21-27-47(28-22-43)70(98)99)66(94)82-58(37-60(87)88)67(95)81-57(36-48-38-76-52-16-10-9-15-50(48)52)68(96)84-62(40(2)3)69(97)83-56(35-42-19-25-46(26-20-42)45-13-7-6-8-14-45)65(93)79-53(18-12-32-75-71(73)74)63(91)78-51(41(4)85)17-11-31-72/h6-10,13-16,19-30,38,40,51,53-58,62,76H,5,11-12,17-18,31-37,39,72H2,1-4H3,(H,77,86)(H,78,91)(H,79,93)(H,80,92)(H,81,95)(H,82,94)(H,83,97)(H,84,96)(H,87,88)(H,89,90)(H,98,99)(H4,73,74,75)/t51-,53-,54-,55-,56-,57-,58-,62-/m0/s1. The molecule has 0 aliphatic rings. The maximum atomic E-state index is 15.1. The van der Waals surface area contributed by atoms with Crippen LogP contribution in [0.2, 0.25) is 0 Å². The van der Waals surface area contributed by atoms with Gasteiger partial charge in [-0.3, -0.25) is 53.4 Å². The summed E-state index contributed by atoms with van der Waals surface area (Å²) in [6.07, 6.45) is 0.205. The van der Waals surface area contributed by atoms with E-state index in [1.807, 2.05) is 42.5 Å². The molecule has 0 saturated heterocycles. The molecule has 1 heterocycles. The number of nitrogens with two attached hydrogens (primary N) is 2. The molecular weight excluding hydrogens is 1290 g/mol. The van der Waals surface area contributed by atoms with Gasteiger partial charge in [0.25, 0.3) is 0 Å². The van der Waals surface area contributed by atoms with Gasteiger partial charge in [0.05, 0.1) is 18.0 Å². The first-order valence-corrected chi connectivity index (χ1v) is 32.6. The van der Waals surface area contributed by atoms with Crippen LogP contribution in [0, 0.1) is 11.3 Å². The molecule has 18 N–H and O–H groups in total. The van der Waals surface area contributed by atoms with Crippen LogP contribution in [0.5, 0.6) is 5.75 Å². The Kier molecular flexibility index (Phi) is 29.8. The predicted molar refractivity (Wildman–Crippen MR) is 369 cm³/mol. The fraction of sp³-hybridized carbons (Fsp3) is 0.366. The Morgan fingerprint density at radius 1 is 0.520 bits per heavy atom. The number of aromatic nitrogens is 1. The average molecular weight is 1380 g/mol. The van der Waals surface area contributed by atoms with Crippen molar-refractivity contribution >= 4 is 87.8 Å². The first-order chi connectivity index (χ1) is 47.7. The van der Waals surface area contributed by atoms with Gasteiger partial charge < -0.3 is 84.4 Å². The third-order valence-corrected chi connectivity index (χ3v) is 16.2. The van der Waals surface area contributed by atoms with Crippen molar-refractivity contribution in [1.29, 1.82) is 5.41 Å². The van der Waals surface area contributed by atoms with Gasteiger partial charge in [0.2, 0.25) is 47.3 Å². The number of Topliss-reactive ketones (excluding diaryl/α,β-unsaturated/α-hetero) is 1. The van der Waals surface area contributed by atoms with Crippen LogP contribution in [0.1, 0.15) is 98.8 Å². The number of guanidine groups is 1. The number of para-hydroxylation sites is 1. The van der Waals surface area contributed by atoms with E-state index in [9.17, 15) is 63.0 Å².